The number of nitrogens with zero attached hydrogens (tertiary/aromatic N) is 1. The first-order chi connectivity index (χ1) is 32.8. The summed E-state index contributed by atoms with van der Waals surface area (Å²) in [5.41, 5.74) is 22.9. The number of hydrogen-bond acceptors (Lipinski definition) is 1. The second kappa shape index (κ2) is 15.3. The third-order valence-electron chi connectivity index (χ3n) is 14.1. The lowest BCUT2D eigenvalue weighted by Crippen LogP contribution is -2.25. The van der Waals surface area contributed by atoms with Crippen molar-refractivity contribution in [1.82, 2.24) is 0 Å². The Labute approximate surface area is 386 Å². The van der Waals surface area contributed by atoms with E-state index in [9.17, 15) is 0 Å². The summed E-state index contributed by atoms with van der Waals surface area (Å²) in [6.07, 6.45) is 0. The zero-order valence-corrected chi connectivity index (χ0v) is 36.3. The fourth-order valence-electron chi connectivity index (χ4n) is 11.3. The van der Waals surface area contributed by atoms with Crippen LogP contribution in [0, 0.1) is 0 Å². The summed E-state index contributed by atoms with van der Waals surface area (Å²) in [6.45, 7) is 0. The molecule has 0 heterocycles. The van der Waals surface area contributed by atoms with E-state index < -0.39 is 5.41 Å². The molecule has 0 saturated heterocycles. The molecule has 11 aromatic rings. The van der Waals surface area contributed by atoms with Crippen LogP contribution >= 0.6 is 0 Å². The van der Waals surface area contributed by atoms with E-state index in [1.165, 1.54) is 94.2 Å². The Morgan fingerprint density at radius 2 is 0.682 bits per heavy atom. The Kier molecular flexibility index (Phi) is 8.82. The summed E-state index contributed by atoms with van der Waals surface area (Å²) in [7, 11) is 0. The van der Waals surface area contributed by atoms with Crippen molar-refractivity contribution >= 4 is 27.8 Å². The van der Waals surface area contributed by atoms with Crippen molar-refractivity contribution in [3.8, 4) is 66.8 Å². The standard InChI is InChI=1S/C65H43N/c1-2-20-45(21-3-1)51-25-6-7-26-52(51)53-27-8-9-28-54(53)58-32-13-17-36-64(58)66(49-24-18-23-47(42-49)48-38-37-44-19-4-5-22-46(44)41-48)50-39-40-63-59(43-50)57-31-12-16-35-62(57)65(63)60-33-14-10-29-55(60)56-30-11-15-34-61(56)65/h1-43H. The summed E-state index contributed by atoms with van der Waals surface area (Å²) < 4.78 is 0. The van der Waals surface area contributed by atoms with Gasteiger partial charge < -0.3 is 4.90 Å². The Morgan fingerprint density at radius 3 is 1.36 bits per heavy atom. The molecule has 0 aromatic heterocycles. The molecule has 1 nitrogen and oxygen atoms in total. The van der Waals surface area contributed by atoms with Crippen LogP contribution in [0.3, 0.4) is 0 Å². The SMILES string of the molecule is c1ccc(-c2ccccc2-c2ccccc2-c2ccccc2N(c2cccc(-c3ccc4ccccc4c3)c2)c2ccc3c(c2)-c2ccccc2C32c3ccccc3-c3ccccc32)cc1. The van der Waals surface area contributed by atoms with Crippen molar-refractivity contribution in [2.75, 3.05) is 4.90 Å². The van der Waals surface area contributed by atoms with Crippen LogP contribution in [-0.4, -0.2) is 0 Å². The van der Waals surface area contributed by atoms with E-state index in [1.54, 1.807) is 0 Å². The maximum absolute atomic E-state index is 2.49. The Bertz CT molecular complexity index is 3630. The van der Waals surface area contributed by atoms with Crippen molar-refractivity contribution in [3.63, 3.8) is 0 Å². The number of hydrogen-bond donors (Lipinski definition) is 0. The zero-order valence-electron chi connectivity index (χ0n) is 36.3. The van der Waals surface area contributed by atoms with Crippen molar-refractivity contribution in [2.45, 2.75) is 5.41 Å². The van der Waals surface area contributed by atoms with Crippen LogP contribution in [0.25, 0.3) is 77.5 Å². The average molecular weight is 838 g/mol. The van der Waals surface area contributed by atoms with Gasteiger partial charge in [-0.25, -0.2) is 0 Å². The largest absolute Gasteiger partial charge is 0.310 e. The predicted molar refractivity (Wildman–Crippen MR) is 277 cm³/mol. The summed E-state index contributed by atoms with van der Waals surface area (Å²) in [4.78, 5) is 2.49. The first kappa shape index (κ1) is 38.0. The van der Waals surface area contributed by atoms with Crippen LogP contribution in [0.1, 0.15) is 22.3 Å². The lowest BCUT2D eigenvalue weighted by molar-refractivity contribution is 0.794. The molecule has 0 fully saturated rings. The molecule has 0 aliphatic heterocycles. The molecule has 1 heteroatoms. The maximum atomic E-state index is 2.49. The summed E-state index contributed by atoms with van der Waals surface area (Å²) in [5, 5.41) is 2.47. The molecule has 1 spiro atoms. The van der Waals surface area contributed by atoms with Crippen LogP contribution in [0.4, 0.5) is 17.1 Å². The fraction of sp³-hybridized carbons (Fsp3) is 0.0154. The van der Waals surface area contributed by atoms with Crippen LogP contribution in [0.15, 0.2) is 261 Å². The summed E-state index contributed by atoms with van der Waals surface area (Å²) in [5.74, 6) is 0. The molecule has 0 N–H and O–H groups in total. The summed E-state index contributed by atoms with van der Waals surface area (Å²) >= 11 is 0. The molecule has 0 bridgehead atoms. The van der Waals surface area contributed by atoms with Gasteiger partial charge in [0.1, 0.15) is 0 Å². The molecule has 0 unspecified atom stereocenters. The Balaban J connectivity index is 1.04. The van der Waals surface area contributed by atoms with E-state index in [-0.39, 0.29) is 0 Å². The number of anilines is 3. The monoisotopic (exact) mass is 837 g/mol. The number of rotatable bonds is 7. The van der Waals surface area contributed by atoms with E-state index in [0.717, 1.165) is 22.6 Å². The van der Waals surface area contributed by atoms with E-state index >= 15 is 0 Å². The quantitative estimate of drug-likeness (QED) is 0.155. The van der Waals surface area contributed by atoms with E-state index in [2.05, 4.69) is 266 Å². The van der Waals surface area contributed by atoms with Gasteiger partial charge >= 0.3 is 0 Å². The highest BCUT2D eigenvalue weighted by molar-refractivity contribution is 6.00. The average Bonchev–Trinajstić information content (AvgIpc) is 3.86. The second-order valence-corrected chi connectivity index (χ2v) is 17.5. The maximum Gasteiger partial charge on any atom is 0.0725 e. The molecular formula is C65H43N. The van der Waals surface area contributed by atoms with Crippen LogP contribution in [0.5, 0.6) is 0 Å². The minimum absolute atomic E-state index is 0.415. The third-order valence-corrected chi connectivity index (χ3v) is 14.1. The lowest BCUT2D eigenvalue weighted by atomic mass is 9.70. The van der Waals surface area contributed by atoms with Crippen LogP contribution in [0.2, 0.25) is 0 Å². The second-order valence-electron chi connectivity index (χ2n) is 17.5. The van der Waals surface area contributed by atoms with E-state index in [4.69, 9.17) is 0 Å². The minimum Gasteiger partial charge on any atom is -0.310 e. The molecule has 0 amide bonds. The molecule has 13 rings (SSSR count). The van der Waals surface area contributed by atoms with Gasteiger partial charge in [0.25, 0.3) is 0 Å². The first-order valence-electron chi connectivity index (χ1n) is 22.9. The molecule has 11 aromatic carbocycles. The smallest absolute Gasteiger partial charge is 0.0725 e. The third kappa shape index (κ3) is 5.80. The number of fused-ring (bicyclic) bond motifs is 11. The minimum atomic E-state index is -0.415. The van der Waals surface area contributed by atoms with Gasteiger partial charge in [-0.3, -0.25) is 0 Å². The van der Waals surface area contributed by atoms with Gasteiger partial charge in [0, 0.05) is 16.9 Å². The molecule has 0 radical (unpaired) electrons. The topological polar surface area (TPSA) is 3.24 Å². The highest BCUT2D eigenvalue weighted by Crippen LogP contribution is 2.63. The molecule has 0 saturated carbocycles. The van der Waals surface area contributed by atoms with Gasteiger partial charge in [0.05, 0.1) is 11.1 Å². The Morgan fingerprint density at radius 1 is 0.227 bits per heavy atom. The molecule has 308 valence electrons. The van der Waals surface area contributed by atoms with Crippen molar-refractivity contribution < 1.29 is 0 Å². The number of para-hydroxylation sites is 1. The molecule has 0 atom stereocenters. The van der Waals surface area contributed by atoms with E-state index in [1.807, 2.05) is 0 Å². The van der Waals surface area contributed by atoms with Gasteiger partial charge in [0.2, 0.25) is 0 Å². The van der Waals surface area contributed by atoms with Gasteiger partial charge in [-0.15, -0.1) is 0 Å². The predicted octanol–water partition coefficient (Wildman–Crippen LogP) is 17.3. The normalized spacial score (nSPS) is 12.7. The van der Waals surface area contributed by atoms with Gasteiger partial charge in [-0.1, -0.05) is 224 Å². The van der Waals surface area contributed by atoms with E-state index in [0.29, 0.717) is 0 Å². The highest BCUT2D eigenvalue weighted by Gasteiger charge is 2.51. The molecule has 66 heavy (non-hydrogen) atoms. The van der Waals surface area contributed by atoms with Crippen molar-refractivity contribution in [1.29, 1.82) is 0 Å². The van der Waals surface area contributed by atoms with Gasteiger partial charge in [-0.2, -0.15) is 0 Å². The van der Waals surface area contributed by atoms with Crippen molar-refractivity contribution in [2.24, 2.45) is 0 Å². The van der Waals surface area contributed by atoms with Crippen molar-refractivity contribution in [3.05, 3.63) is 283 Å². The molecular weight excluding hydrogens is 795 g/mol. The fourth-order valence-corrected chi connectivity index (χ4v) is 11.3. The number of benzene rings is 11. The summed E-state index contributed by atoms with van der Waals surface area (Å²) in [6, 6.07) is 96.4. The first-order valence-corrected chi connectivity index (χ1v) is 22.9. The van der Waals surface area contributed by atoms with Crippen LogP contribution < -0.4 is 4.90 Å². The van der Waals surface area contributed by atoms with Gasteiger partial charge in [0.15, 0.2) is 0 Å². The Hall–Kier alpha value is -8.52. The molecule has 2 aliphatic carbocycles. The van der Waals surface area contributed by atoms with Crippen LogP contribution in [-0.2, 0) is 5.41 Å². The zero-order chi connectivity index (χ0) is 43.6. The van der Waals surface area contributed by atoms with Gasteiger partial charge in [-0.05, 0) is 131 Å². The highest BCUT2D eigenvalue weighted by atomic mass is 15.1. The molecule has 2 aliphatic rings. The lowest BCUT2D eigenvalue weighted by Gasteiger charge is -2.32.